The molecule has 0 fully saturated rings. The van der Waals surface area contributed by atoms with Crippen LogP contribution in [0.3, 0.4) is 0 Å². The molecule has 1 aromatic heterocycles. The monoisotopic (exact) mass is 571 g/mol. The van der Waals surface area contributed by atoms with Crippen molar-refractivity contribution in [3.05, 3.63) is 90.0 Å². The number of nitrogens with one attached hydrogen (secondary N) is 1. The molecular weight excluding hydrogens is 508 g/mol. The van der Waals surface area contributed by atoms with Crippen LogP contribution in [-0.4, -0.2) is 4.98 Å². The zero-order chi connectivity index (χ0) is 29.7. The molecule has 2 aromatic carbocycles. The van der Waals surface area contributed by atoms with Gasteiger partial charge in [0, 0.05) is 5.41 Å². The first-order chi connectivity index (χ1) is 20.7. The number of benzene rings is 2. The molecule has 2 nitrogen and oxygen atoms in total. The summed E-state index contributed by atoms with van der Waals surface area (Å²) in [6.45, 7) is 8.25. The lowest BCUT2D eigenvalue weighted by molar-refractivity contribution is -0.705. The number of imidazole rings is 1. The van der Waals surface area contributed by atoms with E-state index in [1.54, 1.807) is 0 Å². The van der Waals surface area contributed by atoms with Gasteiger partial charge in [0.1, 0.15) is 12.4 Å². The minimum Gasteiger partial charge on any atom is -0.247 e. The summed E-state index contributed by atoms with van der Waals surface area (Å²) in [7, 11) is 0. The fourth-order valence-electron chi connectivity index (χ4n) is 7.01. The van der Waals surface area contributed by atoms with Gasteiger partial charge in [-0.2, -0.15) is 0 Å². The van der Waals surface area contributed by atoms with Crippen molar-refractivity contribution in [1.29, 1.82) is 0 Å². The van der Waals surface area contributed by atoms with E-state index in [1.807, 2.05) is 0 Å². The van der Waals surface area contributed by atoms with E-state index in [2.05, 4.69) is 103 Å². The number of hydrogen-bond acceptors (Lipinski definition) is 0. The minimum atomic E-state index is 0.0138. The van der Waals surface area contributed by atoms with Gasteiger partial charge in [0.25, 0.3) is 5.82 Å². The number of aryl methyl sites for hydroxylation is 1. The number of rotatable bonds is 24. The highest BCUT2D eigenvalue weighted by molar-refractivity contribution is 5.32. The largest absolute Gasteiger partial charge is 0.258 e. The van der Waals surface area contributed by atoms with Gasteiger partial charge in [-0.25, -0.2) is 9.55 Å². The standard InChI is InChI=1S/C40H62N2/c1-4-6-7-8-9-10-11-12-13-14-15-16-17-18-19-26-33-42-34-32-41-39(42)38(27-5-2)40(3,37-30-24-21-25-31-37)35-36-28-22-20-23-29-36/h20-25,28-32,34,38H,4-19,26-27,33,35H2,1-3H3/p+1. The van der Waals surface area contributed by atoms with Gasteiger partial charge in [-0.05, 0) is 36.8 Å². The van der Waals surface area contributed by atoms with Crippen molar-refractivity contribution in [3.8, 4) is 0 Å². The molecule has 0 spiro atoms. The molecule has 232 valence electrons. The predicted molar refractivity (Wildman–Crippen MR) is 182 cm³/mol. The van der Waals surface area contributed by atoms with Gasteiger partial charge in [0.2, 0.25) is 0 Å². The SMILES string of the molecule is CCCCCCCCCCCCCCCCCC[n+]1cc[nH]c1C(CCC)C(C)(Cc1ccccc1)c1ccccc1. The second kappa shape index (κ2) is 20.5. The molecule has 2 heteroatoms. The van der Waals surface area contributed by atoms with Crippen molar-refractivity contribution >= 4 is 0 Å². The molecule has 0 saturated heterocycles. The first-order valence-corrected chi connectivity index (χ1v) is 17.8. The Labute approximate surface area is 259 Å². The number of unbranched alkanes of at least 4 members (excludes halogenated alkanes) is 15. The van der Waals surface area contributed by atoms with Crippen LogP contribution in [0, 0.1) is 0 Å². The van der Waals surface area contributed by atoms with Crippen molar-refractivity contribution in [2.75, 3.05) is 0 Å². The highest BCUT2D eigenvalue weighted by Gasteiger charge is 2.41. The maximum Gasteiger partial charge on any atom is 0.258 e. The number of nitrogens with zero attached hydrogens (tertiary/aromatic N) is 1. The lowest BCUT2D eigenvalue weighted by Crippen LogP contribution is -2.43. The molecule has 3 rings (SSSR count). The molecule has 2 atom stereocenters. The summed E-state index contributed by atoms with van der Waals surface area (Å²) in [5, 5.41) is 0. The van der Waals surface area contributed by atoms with Crippen molar-refractivity contribution in [3.63, 3.8) is 0 Å². The maximum atomic E-state index is 3.72. The molecule has 0 bridgehead atoms. The molecule has 0 aliphatic rings. The minimum absolute atomic E-state index is 0.0138. The molecule has 3 aromatic rings. The van der Waals surface area contributed by atoms with Gasteiger partial charge in [0.05, 0.1) is 12.5 Å². The summed E-state index contributed by atoms with van der Waals surface area (Å²) >= 11 is 0. The fraction of sp³-hybridized carbons (Fsp3) is 0.625. The van der Waals surface area contributed by atoms with Crippen LogP contribution in [0.2, 0.25) is 0 Å². The number of aromatic amines is 1. The topological polar surface area (TPSA) is 19.7 Å². The number of H-pyrrole nitrogens is 1. The third kappa shape index (κ3) is 11.7. The quantitative estimate of drug-likeness (QED) is 0.0815. The normalized spacial score (nSPS) is 13.7. The van der Waals surface area contributed by atoms with Gasteiger partial charge in [-0.3, -0.25) is 0 Å². The Morgan fingerprint density at radius 1 is 0.619 bits per heavy atom. The Kier molecular flexibility index (Phi) is 16.7. The molecule has 0 amide bonds. The molecular formula is C40H63N2+. The highest BCUT2D eigenvalue weighted by atomic mass is 15.1. The van der Waals surface area contributed by atoms with Crippen LogP contribution in [0.25, 0.3) is 0 Å². The molecule has 42 heavy (non-hydrogen) atoms. The summed E-state index contributed by atoms with van der Waals surface area (Å²) in [5.41, 5.74) is 2.87. The van der Waals surface area contributed by atoms with Crippen LogP contribution in [-0.2, 0) is 18.4 Å². The van der Waals surface area contributed by atoms with Gasteiger partial charge in [0.15, 0.2) is 0 Å². The van der Waals surface area contributed by atoms with Crippen molar-refractivity contribution in [1.82, 2.24) is 4.98 Å². The van der Waals surface area contributed by atoms with Crippen LogP contribution < -0.4 is 4.57 Å². The summed E-state index contributed by atoms with van der Waals surface area (Å²) in [4.78, 5) is 3.72. The maximum absolute atomic E-state index is 3.72. The van der Waals surface area contributed by atoms with Crippen LogP contribution >= 0.6 is 0 Å². The second-order valence-electron chi connectivity index (χ2n) is 13.1. The van der Waals surface area contributed by atoms with Crippen LogP contribution in [0.5, 0.6) is 0 Å². The van der Waals surface area contributed by atoms with Crippen LogP contribution in [0.15, 0.2) is 73.1 Å². The third-order valence-electron chi connectivity index (χ3n) is 9.57. The van der Waals surface area contributed by atoms with Gasteiger partial charge in [-0.15, -0.1) is 0 Å². The molecule has 0 saturated carbocycles. The van der Waals surface area contributed by atoms with E-state index in [0.717, 1.165) is 13.0 Å². The van der Waals surface area contributed by atoms with E-state index in [-0.39, 0.29) is 5.41 Å². The fourth-order valence-corrected chi connectivity index (χ4v) is 7.01. The van der Waals surface area contributed by atoms with Gasteiger partial charge in [-0.1, -0.05) is 178 Å². The lowest BCUT2D eigenvalue weighted by Gasteiger charge is -2.37. The third-order valence-corrected chi connectivity index (χ3v) is 9.57. The van der Waals surface area contributed by atoms with E-state index < -0.39 is 0 Å². The van der Waals surface area contributed by atoms with Gasteiger partial charge < -0.3 is 0 Å². The zero-order valence-corrected chi connectivity index (χ0v) is 27.6. The van der Waals surface area contributed by atoms with E-state index in [4.69, 9.17) is 0 Å². The predicted octanol–water partition coefficient (Wildman–Crippen LogP) is 11.6. The van der Waals surface area contributed by atoms with E-state index >= 15 is 0 Å². The average molecular weight is 572 g/mol. The zero-order valence-electron chi connectivity index (χ0n) is 27.6. The highest BCUT2D eigenvalue weighted by Crippen LogP contribution is 2.43. The molecule has 2 unspecified atom stereocenters. The van der Waals surface area contributed by atoms with Crippen molar-refractivity contribution < 1.29 is 4.57 Å². The van der Waals surface area contributed by atoms with Gasteiger partial charge >= 0.3 is 0 Å². The van der Waals surface area contributed by atoms with E-state index in [0.29, 0.717) is 5.92 Å². The Morgan fingerprint density at radius 2 is 1.12 bits per heavy atom. The number of hydrogen-bond donors (Lipinski definition) is 1. The lowest BCUT2D eigenvalue weighted by atomic mass is 9.66. The Hall–Kier alpha value is -2.35. The number of aromatic nitrogens is 2. The summed E-state index contributed by atoms with van der Waals surface area (Å²) < 4.78 is 2.54. The Balaban J connectivity index is 1.43. The van der Waals surface area contributed by atoms with Crippen molar-refractivity contribution in [2.24, 2.45) is 0 Å². The van der Waals surface area contributed by atoms with E-state index in [1.165, 1.54) is 133 Å². The first-order valence-electron chi connectivity index (χ1n) is 17.8. The smallest absolute Gasteiger partial charge is 0.247 e. The molecule has 1 heterocycles. The average Bonchev–Trinajstić information content (AvgIpc) is 3.48. The second-order valence-corrected chi connectivity index (χ2v) is 13.1. The summed E-state index contributed by atoms with van der Waals surface area (Å²) in [5.74, 6) is 1.83. The summed E-state index contributed by atoms with van der Waals surface area (Å²) in [6, 6.07) is 22.3. The van der Waals surface area contributed by atoms with Crippen molar-refractivity contribution in [2.45, 2.75) is 161 Å². The molecule has 0 aliphatic heterocycles. The Bertz CT molecular complexity index is 1040. The van der Waals surface area contributed by atoms with E-state index in [9.17, 15) is 0 Å². The molecule has 0 aliphatic carbocycles. The van der Waals surface area contributed by atoms with Crippen LogP contribution in [0.4, 0.5) is 0 Å². The molecule has 0 radical (unpaired) electrons. The first kappa shape index (κ1) is 34.1. The Morgan fingerprint density at radius 3 is 1.64 bits per heavy atom. The van der Waals surface area contributed by atoms with Crippen LogP contribution in [0.1, 0.15) is 159 Å². The summed E-state index contributed by atoms with van der Waals surface area (Å²) in [6.07, 6.45) is 30.5. The molecule has 1 N–H and O–H groups in total.